The van der Waals surface area contributed by atoms with Crippen molar-refractivity contribution in [2.45, 2.75) is 45.9 Å². The van der Waals surface area contributed by atoms with E-state index in [1.165, 1.54) is 5.56 Å². The average Bonchev–Trinajstić information content (AvgIpc) is 2.73. The lowest BCUT2D eigenvalue weighted by Crippen LogP contribution is -2.45. The van der Waals surface area contributed by atoms with Gasteiger partial charge in [-0.15, -0.1) is 0 Å². The number of carbonyl (C=O) groups is 1. The molecular weight excluding hydrogens is 364 g/mol. The van der Waals surface area contributed by atoms with Gasteiger partial charge in [0, 0.05) is 38.9 Å². The van der Waals surface area contributed by atoms with Gasteiger partial charge in [0.25, 0.3) is 0 Å². The number of hydrogen-bond acceptors (Lipinski definition) is 5. The summed E-state index contributed by atoms with van der Waals surface area (Å²) in [5.41, 5.74) is 4.51. The summed E-state index contributed by atoms with van der Waals surface area (Å²) >= 11 is 0. The molecule has 3 rings (SSSR count). The molecule has 0 bridgehead atoms. The zero-order valence-electron chi connectivity index (χ0n) is 17.7. The molecule has 0 spiro atoms. The van der Waals surface area contributed by atoms with Crippen molar-refractivity contribution in [2.75, 3.05) is 26.7 Å². The molecule has 0 radical (unpaired) electrons. The number of likely N-dealkylation sites (tertiary alicyclic amines) is 1. The second-order valence-electron chi connectivity index (χ2n) is 7.77. The van der Waals surface area contributed by atoms with Crippen molar-refractivity contribution in [2.24, 2.45) is 0 Å². The highest BCUT2D eigenvalue weighted by molar-refractivity contribution is 5.77. The van der Waals surface area contributed by atoms with Crippen LogP contribution in [0.1, 0.15) is 35.2 Å². The van der Waals surface area contributed by atoms with E-state index in [2.05, 4.69) is 46.5 Å². The largest absolute Gasteiger partial charge is 0.487 e. The average molecular weight is 397 g/mol. The topological polar surface area (TPSA) is 66.5 Å². The minimum atomic E-state index is 0.0905. The number of ether oxygens (including phenoxy) is 1. The van der Waals surface area contributed by atoms with Crippen molar-refractivity contribution < 1.29 is 9.53 Å². The lowest BCUT2D eigenvalue weighted by atomic mass is 10.0. The molecule has 2 heterocycles. The van der Waals surface area contributed by atoms with E-state index in [4.69, 9.17) is 4.74 Å². The summed E-state index contributed by atoms with van der Waals surface area (Å²) in [5, 5.41) is 6.37. The maximum Gasteiger partial charge on any atom is 0.233 e. The Morgan fingerprint density at radius 1 is 1.21 bits per heavy atom. The van der Waals surface area contributed by atoms with Crippen molar-refractivity contribution in [1.82, 2.24) is 20.5 Å². The van der Waals surface area contributed by atoms with Crippen LogP contribution in [0, 0.1) is 13.8 Å². The Balaban J connectivity index is 1.49. The van der Waals surface area contributed by atoms with Gasteiger partial charge in [0.15, 0.2) is 0 Å². The molecule has 2 N–H and O–H groups in total. The molecule has 6 nitrogen and oxygen atoms in total. The number of nitrogens with one attached hydrogen (secondary N) is 2. The highest BCUT2D eigenvalue weighted by atomic mass is 16.5. The molecule has 1 amide bonds. The maximum absolute atomic E-state index is 11.5. The summed E-state index contributed by atoms with van der Waals surface area (Å²) in [5.74, 6) is 1.04. The number of benzene rings is 1. The molecule has 0 atom stereocenters. The van der Waals surface area contributed by atoms with Crippen LogP contribution in [0.4, 0.5) is 0 Å². The quantitative estimate of drug-likeness (QED) is 0.718. The van der Waals surface area contributed by atoms with E-state index in [1.807, 2.05) is 18.2 Å². The zero-order chi connectivity index (χ0) is 20.6. The molecule has 0 saturated carbocycles. The van der Waals surface area contributed by atoms with Gasteiger partial charge >= 0.3 is 0 Å². The van der Waals surface area contributed by atoms with Crippen molar-refractivity contribution in [1.29, 1.82) is 0 Å². The van der Waals surface area contributed by atoms with E-state index < -0.39 is 0 Å². The van der Waals surface area contributed by atoms with Crippen LogP contribution in [0.3, 0.4) is 0 Å². The highest BCUT2D eigenvalue weighted by Gasteiger charge is 2.20. The maximum atomic E-state index is 11.5. The van der Waals surface area contributed by atoms with E-state index >= 15 is 0 Å². The number of aryl methyl sites for hydroxylation is 2. The number of aromatic nitrogens is 1. The first-order chi connectivity index (χ1) is 14.0. The van der Waals surface area contributed by atoms with Crippen molar-refractivity contribution in [3.8, 4) is 5.75 Å². The molecule has 0 unspecified atom stereocenters. The first-order valence-corrected chi connectivity index (χ1v) is 10.3. The fourth-order valence-corrected chi connectivity index (χ4v) is 3.84. The van der Waals surface area contributed by atoms with E-state index in [0.29, 0.717) is 19.2 Å². The molecule has 1 saturated heterocycles. The van der Waals surface area contributed by atoms with Crippen LogP contribution in [0.2, 0.25) is 0 Å². The summed E-state index contributed by atoms with van der Waals surface area (Å²) in [7, 11) is 1.69. The van der Waals surface area contributed by atoms with Crippen molar-refractivity contribution >= 4 is 5.91 Å². The summed E-state index contributed by atoms with van der Waals surface area (Å²) in [6, 6.07) is 10.8. The van der Waals surface area contributed by atoms with Crippen LogP contribution in [0.25, 0.3) is 0 Å². The van der Waals surface area contributed by atoms with Crippen LogP contribution >= 0.6 is 0 Å². The number of carbonyl (C=O) groups excluding carboxylic acids is 1. The SMILES string of the molecule is CNC(=O)CN1CCC(NCc2cc(C)c(OCc3ccccn3)c(C)c2)CC1. The predicted molar refractivity (Wildman–Crippen MR) is 115 cm³/mol. The summed E-state index contributed by atoms with van der Waals surface area (Å²) in [6.07, 6.45) is 3.93. The van der Waals surface area contributed by atoms with Gasteiger partial charge in [0.1, 0.15) is 12.4 Å². The molecule has 29 heavy (non-hydrogen) atoms. The van der Waals surface area contributed by atoms with E-state index in [9.17, 15) is 4.79 Å². The van der Waals surface area contributed by atoms with Gasteiger partial charge in [-0.2, -0.15) is 0 Å². The normalized spacial score (nSPS) is 15.3. The number of rotatable bonds is 8. The second kappa shape index (κ2) is 10.4. The smallest absolute Gasteiger partial charge is 0.233 e. The molecule has 1 aromatic heterocycles. The first-order valence-electron chi connectivity index (χ1n) is 10.3. The molecule has 1 fully saturated rings. The Morgan fingerprint density at radius 2 is 1.93 bits per heavy atom. The van der Waals surface area contributed by atoms with Crippen LogP contribution in [0.5, 0.6) is 5.75 Å². The number of hydrogen-bond donors (Lipinski definition) is 2. The van der Waals surface area contributed by atoms with Crippen molar-refractivity contribution in [3.05, 3.63) is 58.9 Å². The van der Waals surface area contributed by atoms with E-state index in [-0.39, 0.29) is 5.91 Å². The summed E-state index contributed by atoms with van der Waals surface area (Å²) in [4.78, 5) is 18.0. The number of piperidine rings is 1. The fourth-order valence-electron chi connectivity index (χ4n) is 3.84. The van der Waals surface area contributed by atoms with Gasteiger partial charge in [0.05, 0.1) is 12.2 Å². The third-order valence-corrected chi connectivity index (χ3v) is 5.44. The third kappa shape index (κ3) is 6.27. The molecule has 156 valence electrons. The van der Waals surface area contributed by atoms with Gasteiger partial charge in [-0.1, -0.05) is 18.2 Å². The first kappa shape index (κ1) is 21.3. The zero-order valence-corrected chi connectivity index (χ0v) is 17.7. The molecule has 1 aliphatic rings. The molecular formula is C23H32N4O2. The molecule has 1 aromatic carbocycles. The lowest BCUT2D eigenvalue weighted by molar-refractivity contribution is -0.122. The summed E-state index contributed by atoms with van der Waals surface area (Å²) in [6.45, 7) is 7.95. The molecule has 6 heteroatoms. The number of amides is 1. The highest BCUT2D eigenvalue weighted by Crippen LogP contribution is 2.26. The molecule has 2 aromatic rings. The van der Waals surface area contributed by atoms with Crippen LogP contribution in [0.15, 0.2) is 36.5 Å². The van der Waals surface area contributed by atoms with Gasteiger partial charge in [0.2, 0.25) is 5.91 Å². The fraction of sp³-hybridized carbons (Fsp3) is 0.478. The predicted octanol–water partition coefficient (Wildman–Crippen LogP) is 2.58. The Kier molecular flexibility index (Phi) is 7.61. The Hall–Kier alpha value is -2.44. The van der Waals surface area contributed by atoms with Gasteiger partial charge < -0.3 is 15.4 Å². The van der Waals surface area contributed by atoms with Crippen LogP contribution in [-0.4, -0.2) is 48.5 Å². The monoisotopic (exact) mass is 396 g/mol. The van der Waals surface area contributed by atoms with E-state index in [1.54, 1.807) is 13.2 Å². The second-order valence-corrected chi connectivity index (χ2v) is 7.77. The number of pyridine rings is 1. The minimum absolute atomic E-state index is 0.0905. The minimum Gasteiger partial charge on any atom is -0.487 e. The van der Waals surface area contributed by atoms with Gasteiger partial charge in [-0.05, 0) is 55.5 Å². The Labute approximate surface area is 173 Å². The number of nitrogens with zero attached hydrogens (tertiary/aromatic N) is 2. The van der Waals surface area contributed by atoms with Crippen molar-refractivity contribution in [3.63, 3.8) is 0 Å². The number of likely N-dealkylation sites (N-methyl/N-ethyl adjacent to an activating group) is 1. The van der Waals surface area contributed by atoms with Crippen LogP contribution < -0.4 is 15.4 Å². The van der Waals surface area contributed by atoms with Gasteiger partial charge in [-0.25, -0.2) is 0 Å². The molecule has 1 aliphatic heterocycles. The Morgan fingerprint density at radius 3 is 2.55 bits per heavy atom. The summed E-state index contributed by atoms with van der Waals surface area (Å²) < 4.78 is 6.03. The standard InChI is InChI=1S/C23H32N4O2/c1-17-12-19(13-18(2)23(17)29-16-21-6-4-5-9-25-21)14-26-20-7-10-27(11-8-20)15-22(28)24-3/h4-6,9,12-13,20,26H,7-8,10-11,14-16H2,1-3H3,(H,24,28). The van der Waals surface area contributed by atoms with Gasteiger partial charge in [-0.3, -0.25) is 14.7 Å². The van der Waals surface area contributed by atoms with Crippen LogP contribution in [-0.2, 0) is 17.9 Å². The third-order valence-electron chi connectivity index (χ3n) is 5.44. The Bertz CT molecular complexity index is 779. The lowest BCUT2D eigenvalue weighted by Gasteiger charge is -2.32. The van der Waals surface area contributed by atoms with E-state index in [0.717, 1.165) is 55.0 Å². The molecule has 0 aliphatic carbocycles.